The molecule has 23 heavy (non-hydrogen) atoms. The summed E-state index contributed by atoms with van der Waals surface area (Å²) in [6.45, 7) is 2.34. The van der Waals surface area contributed by atoms with E-state index in [9.17, 15) is 9.59 Å². The summed E-state index contributed by atoms with van der Waals surface area (Å²) < 4.78 is 1.34. The maximum absolute atomic E-state index is 12.3. The van der Waals surface area contributed by atoms with Crippen molar-refractivity contribution >= 4 is 17.1 Å². The highest BCUT2D eigenvalue weighted by Crippen LogP contribution is 2.06. The van der Waals surface area contributed by atoms with Gasteiger partial charge in [0.25, 0.3) is 11.5 Å². The molecule has 0 bridgehead atoms. The first-order valence-corrected chi connectivity index (χ1v) is 7.22. The number of nitrogens with one attached hydrogen (secondary N) is 1. The zero-order valence-electron chi connectivity index (χ0n) is 12.9. The van der Waals surface area contributed by atoms with Crippen LogP contribution in [0.25, 0.3) is 11.2 Å². The lowest BCUT2D eigenvalue weighted by Gasteiger charge is -2.08. The number of amides is 1. The summed E-state index contributed by atoms with van der Waals surface area (Å²) >= 11 is 0. The van der Waals surface area contributed by atoms with E-state index in [0.29, 0.717) is 17.7 Å². The van der Waals surface area contributed by atoms with Crippen molar-refractivity contribution in [2.75, 3.05) is 0 Å². The summed E-state index contributed by atoms with van der Waals surface area (Å²) in [5.74, 6) is -0.489. The molecule has 0 unspecified atom stereocenters. The van der Waals surface area contributed by atoms with Crippen LogP contribution >= 0.6 is 0 Å². The highest BCUT2D eigenvalue weighted by atomic mass is 16.2. The number of aromatic nitrogens is 3. The van der Waals surface area contributed by atoms with Crippen molar-refractivity contribution in [1.29, 1.82) is 0 Å². The van der Waals surface area contributed by atoms with Crippen molar-refractivity contribution in [1.82, 2.24) is 19.9 Å². The number of hydrogen-bond donors (Lipinski definition) is 1. The fourth-order valence-corrected chi connectivity index (χ4v) is 2.28. The van der Waals surface area contributed by atoms with Crippen molar-refractivity contribution < 1.29 is 4.79 Å². The number of fused-ring (bicyclic) bond motifs is 1. The van der Waals surface area contributed by atoms with Crippen LogP contribution in [0.3, 0.4) is 0 Å². The quantitative estimate of drug-likeness (QED) is 0.796. The number of hydrogen-bond acceptors (Lipinski definition) is 4. The van der Waals surface area contributed by atoms with Gasteiger partial charge in [0.1, 0.15) is 5.52 Å². The predicted octanol–water partition coefficient (Wildman–Crippen LogP) is 1.57. The first kappa shape index (κ1) is 14.9. The Morgan fingerprint density at radius 2 is 1.96 bits per heavy atom. The summed E-state index contributed by atoms with van der Waals surface area (Å²) in [5, 5.41) is 2.73. The lowest BCUT2D eigenvalue weighted by molar-refractivity contribution is 0.0944. The van der Waals surface area contributed by atoms with Crippen LogP contribution in [0.2, 0.25) is 0 Å². The molecule has 6 heteroatoms. The average molecular weight is 308 g/mol. The molecular weight excluding hydrogens is 292 g/mol. The van der Waals surface area contributed by atoms with E-state index in [-0.39, 0.29) is 5.69 Å². The third-order valence-corrected chi connectivity index (χ3v) is 3.61. The van der Waals surface area contributed by atoms with E-state index < -0.39 is 11.5 Å². The van der Waals surface area contributed by atoms with Gasteiger partial charge in [-0.1, -0.05) is 29.8 Å². The molecule has 0 aliphatic heterocycles. The maximum atomic E-state index is 12.3. The Kier molecular flexibility index (Phi) is 3.89. The van der Waals surface area contributed by atoms with E-state index in [0.717, 1.165) is 11.1 Å². The second kappa shape index (κ2) is 6.00. The summed E-state index contributed by atoms with van der Waals surface area (Å²) in [4.78, 5) is 32.8. The lowest BCUT2D eigenvalue weighted by Crippen LogP contribution is -2.33. The molecule has 1 aromatic carbocycles. The molecule has 1 N–H and O–H groups in total. The SMILES string of the molecule is Cc1ccc(CNC(=O)c2nc3cccnc3n(C)c2=O)cc1. The molecule has 0 aliphatic carbocycles. The summed E-state index contributed by atoms with van der Waals surface area (Å²) in [7, 11) is 1.58. The molecule has 0 saturated heterocycles. The van der Waals surface area contributed by atoms with Crippen LogP contribution in [0.5, 0.6) is 0 Å². The molecule has 0 fully saturated rings. The number of benzene rings is 1. The summed E-state index contributed by atoms with van der Waals surface area (Å²) in [5.41, 5.74) is 2.49. The molecule has 0 radical (unpaired) electrons. The van der Waals surface area contributed by atoms with Gasteiger partial charge in [-0.3, -0.25) is 14.2 Å². The molecule has 2 heterocycles. The number of carbonyl (C=O) groups excluding carboxylic acids is 1. The normalized spacial score (nSPS) is 10.7. The van der Waals surface area contributed by atoms with E-state index in [4.69, 9.17) is 0 Å². The van der Waals surface area contributed by atoms with Crippen LogP contribution < -0.4 is 10.9 Å². The highest BCUT2D eigenvalue weighted by Gasteiger charge is 2.16. The molecule has 3 rings (SSSR count). The van der Waals surface area contributed by atoms with Gasteiger partial charge in [0.15, 0.2) is 11.3 Å². The third kappa shape index (κ3) is 2.96. The van der Waals surface area contributed by atoms with Crippen molar-refractivity contribution in [2.24, 2.45) is 7.05 Å². The van der Waals surface area contributed by atoms with Crippen LogP contribution in [0.4, 0.5) is 0 Å². The molecule has 0 aliphatic rings. The highest BCUT2D eigenvalue weighted by molar-refractivity contribution is 5.93. The smallest absolute Gasteiger partial charge is 0.283 e. The Bertz CT molecular complexity index is 929. The fourth-order valence-electron chi connectivity index (χ4n) is 2.28. The largest absolute Gasteiger partial charge is 0.346 e. The molecule has 3 aromatic rings. The first-order chi connectivity index (χ1) is 11.1. The van der Waals surface area contributed by atoms with Gasteiger partial charge in [0.05, 0.1) is 0 Å². The standard InChI is InChI=1S/C17H16N4O2/c1-11-5-7-12(8-6-11)10-19-16(22)14-17(23)21(2)15-13(20-14)4-3-9-18-15/h3-9H,10H2,1-2H3,(H,19,22). The second-order valence-corrected chi connectivity index (χ2v) is 5.34. The molecule has 2 aromatic heterocycles. The topological polar surface area (TPSA) is 76.9 Å². The number of aryl methyl sites for hydroxylation is 2. The zero-order chi connectivity index (χ0) is 16.4. The van der Waals surface area contributed by atoms with E-state index >= 15 is 0 Å². The van der Waals surface area contributed by atoms with Gasteiger partial charge in [-0.2, -0.15) is 0 Å². The predicted molar refractivity (Wildman–Crippen MR) is 87.1 cm³/mol. The molecule has 0 atom stereocenters. The van der Waals surface area contributed by atoms with E-state index in [1.54, 1.807) is 25.4 Å². The monoisotopic (exact) mass is 308 g/mol. The molecular formula is C17H16N4O2. The van der Waals surface area contributed by atoms with Gasteiger partial charge >= 0.3 is 0 Å². The van der Waals surface area contributed by atoms with Gasteiger partial charge in [-0.15, -0.1) is 0 Å². The fraction of sp³-hybridized carbons (Fsp3) is 0.176. The van der Waals surface area contributed by atoms with Gasteiger partial charge < -0.3 is 5.32 Å². The lowest BCUT2D eigenvalue weighted by atomic mass is 10.1. The molecule has 116 valence electrons. The Morgan fingerprint density at radius 3 is 2.70 bits per heavy atom. The summed E-state index contributed by atoms with van der Waals surface area (Å²) in [6.07, 6.45) is 1.58. The van der Waals surface area contributed by atoms with Crippen LogP contribution in [-0.4, -0.2) is 20.4 Å². The zero-order valence-corrected chi connectivity index (χ0v) is 12.9. The minimum atomic E-state index is -0.489. The van der Waals surface area contributed by atoms with E-state index in [1.807, 2.05) is 31.2 Å². The second-order valence-electron chi connectivity index (χ2n) is 5.34. The van der Waals surface area contributed by atoms with Crippen LogP contribution in [0.1, 0.15) is 21.6 Å². The average Bonchev–Trinajstić information content (AvgIpc) is 2.57. The van der Waals surface area contributed by atoms with Gasteiger partial charge in [0, 0.05) is 19.8 Å². The number of pyridine rings is 1. The Labute approximate surface area is 132 Å². The number of nitrogens with zero attached hydrogens (tertiary/aromatic N) is 3. The number of rotatable bonds is 3. The van der Waals surface area contributed by atoms with Crippen LogP contribution in [-0.2, 0) is 13.6 Å². The van der Waals surface area contributed by atoms with E-state index in [1.165, 1.54) is 4.57 Å². The van der Waals surface area contributed by atoms with Crippen LogP contribution in [0.15, 0.2) is 47.4 Å². The Hall–Kier alpha value is -3.02. The van der Waals surface area contributed by atoms with Crippen molar-refractivity contribution in [3.8, 4) is 0 Å². The maximum Gasteiger partial charge on any atom is 0.283 e. The van der Waals surface area contributed by atoms with Crippen LogP contribution in [0, 0.1) is 6.92 Å². The molecule has 1 amide bonds. The minimum absolute atomic E-state index is 0.125. The van der Waals surface area contributed by atoms with E-state index in [2.05, 4.69) is 15.3 Å². The van der Waals surface area contributed by atoms with Gasteiger partial charge in [-0.05, 0) is 24.6 Å². The summed E-state index contributed by atoms with van der Waals surface area (Å²) in [6, 6.07) is 11.3. The third-order valence-electron chi connectivity index (χ3n) is 3.61. The van der Waals surface area contributed by atoms with Gasteiger partial charge in [0.2, 0.25) is 0 Å². The Morgan fingerprint density at radius 1 is 1.22 bits per heavy atom. The molecule has 0 saturated carbocycles. The molecule has 0 spiro atoms. The first-order valence-electron chi connectivity index (χ1n) is 7.22. The number of carbonyl (C=O) groups is 1. The Balaban J connectivity index is 1.87. The van der Waals surface area contributed by atoms with Gasteiger partial charge in [-0.25, -0.2) is 9.97 Å². The van der Waals surface area contributed by atoms with Crippen molar-refractivity contribution in [2.45, 2.75) is 13.5 Å². The minimum Gasteiger partial charge on any atom is -0.346 e. The molecule has 6 nitrogen and oxygen atoms in total. The van der Waals surface area contributed by atoms with Crippen molar-refractivity contribution in [3.05, 3.63) is 69.8 Å². The van der Waals surface area contributed by atoms with Crippen molar-refractivity contribution in [3.63, 3.8) is 0 Å².